The number of thiophene rings is 1. The van der Waals surface area contributed by atoms with Crippen LogP contribution in [0.4, 0.5) is 5.69 Å². The van der Waals surface area contributed by atoms with Crippen LogP contribution in [0.2, 0.25) is 0 Å². The lowest BCUT2D eigenvalue weighted by Crippen LogP contribution is -2.24. The second kappa shape index (κ2) is 7.06. The van der Waals surface area contributed by atoms with Gasteiger partial charge in [0.25, 0.3) is 10.0 Å². The molecular weight excluding hydrogens is 304 g/mol. The lowest BCUT2D eigenvalue weighted by molar-refractivity contribution is 0.590. The number of anilines is 1. The number of rotatable bonds is 7. The van der Waals surface area contributed by atoms with Crippen molar-refractivity contribution in [1.29, 1.82) is 0 Å². The van der Waals surface area contributed by atoms with Gasteiger partial charge in [0.2, 0.25) is 0 Å². The molecule has 4 nitrogen and oxygen atoms in total. The van der Waals surface area contributed by atoms with Gasteiger partial charge >= 0.3 is 0 Å². The van der Waals surface area contributed by atoms with Gasteiger partial charge in [-0.05, 0) is 42.1 Å². The van der Waals surface area contributed by atoms with E-state index in [9.17, 15) is 8.42 Å². The molecule has 0 aliphatic heterocycles. The zero-order valence-corrected chi connectivity index (χ0v) is 13.8. The van der Waals surface area contributed by atoms with Crippen molar-refractivity contribution in [3.8, 4) is 0 Å². The first kappa shape index (κ1) is 16.0. The summed E-state index contributed by atoms with van der Waals surface area (Å²) in [6, 6.07) is 9.24. The minimum Gasteiger partial charge on any atom is -0.314 e. The molecule has 0 unspecified atom stereocenters. The number of hydrogen-bond donors (Lipinski definition) is 2. The van der Waals surface area contributed by atoms with Gasteiger partial charge < -0.3 is 5.32 Å². The SMILES string of the molecule is CC(C)NCCc1ccc(S(=O)(=O)Nc2ccsc2)cc1. The van der Waals surface area contributed by atoms with E-state index in [0.29, 0.717) is 11.7 Å². The van der Waals surface area contributed by atoms with Crippen LogP contribution in [0.25, 0.3) is 0 Å². The second-order valence-electron chi connectivity index (χ2n) is 5.12. The average Bonchev–Trinajstić information content (AvgIpc) is 2.91. The van der Waals surface area contributed by atoms with Gasteiger partial charge in [0, 0.05) is 11.4 Å². The molecule has 114 valence electrons. The molecule has 0 amide bonds. The van der Waals surface area contributed by atoms with Crippen molar-refractivity contribution in [3.63, 3.8) is 0 Å². The smallest absolute Gasteiger partial charge is 0.261 e. The third kappa shape index (κ3) is 4.84. The van der Waals surface area contributed by atoms with E-state index >= 15 is 0 Å². The number of nitrogens with one attached hydrogen (secondary N) is 2. The second-order valence-corrected chi connectivity index (χ2v) is 7.58. The predicted molar refractivity (Wildman–Crippen MR) is 88.4 cm³/mol. The number of sulfonamides is 1. The largest absolute Gasteiger partial charge is 0.314 e. The van der Waals surface area contributed by atoms with Crippen LogP contribution in [0.3, 0.4) is 0 Å². The van der Waals surface area contributed by atoms with E-state index in [2.05, 4.69) is 23.9 Å². The Morgan fingerprint density at radius 3 is 2.43 bits per heavy atom. The fourth-order valence-corrected chi connectivity index (χ4v) is 3.59. The van der Waals surface area contributed by atoms with Crippen molar-refractivity contribution in [3.05, 3.63) is 46.7 Å². The van der Waals surface area contributed by atoms with Gasteiger partial charge in [-0.3, -0.25) is 4.72 Å². The van der Waals surface area contributed by atoms with E-state index in [-0.39, 0.29) is 4.90 Å². The molecule has 0 atom stereocenters. The van der Waals surface area contributed by atoms with Gasteiger partial charge in [-0.1, -0.05) is 26.0 Å². The van der Waals surface area contributed by atoms with E-state index in [1.807, 2.05) is 17.5 Å². The van der Waals surface area contributed by atoms with E-state index < -0.39 is 10.0 Å². The summed E-state index contributed by atoms with van der Waals surface area (Å²) in [5, 5.41) is 6.94. The highest BCUT2D eigenvalue weighted by molar-refractivity contribution is 7.92. The standard InChI is InChI=1S/C15H20N2O2S2/c1-12(2)16-9-7-13-3-5-15(6-4-13)21(18,19)17-14-8-10-20-11-14/h3-6,8,10-12,16-17H,7,9H2,1-2H3. The van der Waals surface area contributed by atoms with Crippen molar-refractivity contribution in [2.75, 3.05) is 11.3 Å². The van der Waals surface area contributed by atoms with Gasteiger partial charge in [-0.25, -0.2) is 8.42 Å². The molecule has 0 aliphatic rings. The van der Waals surface area contributed by atoms with Crippen LogP contribution in [0.15, 0.2) is 46.0 Å². The molecule has 2 N–H and O–H groups in total. The highest BCUT2D eigenvalue weighted by Crippen LogP contribution is 2.18. The summed E-state index contributed by atoms with van der Waals surface area (Å²) in [7, 11) is -3.49. The molecule has 6 heteroatoms. The van der Waals surface area contributed by atoms with Crippen LogP contribution >= 0.6 is 11.3 Å². The molecule has 1 heterocycles. The van der Waals surface area contributed by atoms with Crippen molar-refractivity contribution >= 4 is 27.0 Å². The molecule has 21 heavy (non-hydrogen) atoms. The number of benzene rings is 1. The van der Waals surface area contributed by atoms with E-state index in [1.54, 1.807) is 23.6 Å². The van der Waals surface area contributed by atoms with Gasteiger partial charge in [0.1, 0.15) is 0 Å². The Morgan fingerprint density at radius 2 is 1.86 bits per heavy atom. The maximum absolute atomic E-state index is 12.2. The van der Waals surface area contributed by atoms with Gasteiger partial charge in [0.05, 0.1) is 10.6 Å². The van der Waals surface area contributed by atoms with Gasteiger partial charge in [-0.15, -0.1) is 0 Å². The van der Waals surface area contributed by atoms with Crippen molar-refractivity contribution in [2.45, 2.75) is 31.2 Å². The summed E-state index contributed by atoms with van der Waals surface area (Å²) in [5.41, 5.74) is 1.72. The Kier molecular flexibility index (Phi) is 5.39. The molecule has 1 aromatic carbocycles. The summed E-state index contributed by atoms with van der Waals surface area (Å²) < 4.78 is 27.0. The monoisotopic (exact) mass is 324 g/mol. The summed E-state index contributed by atoms with van der Waals surface area (Å²) in [4.78, 5) is 0.286. The summed E-state index contributed by atoms with van der Waals surface area (Å²) >= 11 is 1.46. The Labute approximate surface area is 130 Å². The van der Waals surface area contributed by atoms with Gasteiger partial charge in [-0.2, -0.15) is 11.3 Å². The van der Waals surface area contributed by atoms with Crippen LogP contribution in [0.1, 0.15) is 19.4 Å². The minimum atomic E-state index is -3.49. The van der Waals surface area contributed by atoms with Crippen molar-refractivity contribution < 1.29 is 8.42 Å². The molecule has 0 saturated carbocycles. The molecule has 0 radical (unpaired) electrons. The third-order valence-corrected chi connectivity index (χ3v) is 5.05. The van der Waals surface area contributed by atoms with E-state index in [4.69, 9.17) is 0 Å². The highest BCUT2D eigenvalue weighted by atomic mass is 32.2. The Balaban J connectivity index is 2.01. The van der Waals surface area contributed by atoms with E-state index in [0.717, 1.165) is 18.5 Å². The average molecular weight is 324 g/mol. The molecule has 1 aromatic heterocycles. The van der Waals surface area contributed by atoms with Crippen LogP contribution in [0.5, 0.6) is 0 Å². The lowest BCUT2D eigenvalue weighted by atomic mass is 10.1. The zero-order chi connectivity index (χ0) is 15.3. The Bertz CT molecular complexity index is 647. The highest BCUT2D eigenvalue weighted by Gasteiger charge is 2.14. The zero-order valence-electron chi connectivity index (χ0n) is 12.2. The maximum Gasteiger partial charge on any atom is 0.261 e. The van der Waals surface area contributed by atoms with Crippen molar-refractivity contribution in [2.24, 2.45) is 0 Å². The van der Waals surface area contributed by atoms with Crippen molar-refractivity contribution in [1.82, 2.24) is 5.32 Å². The van der Waals surface area contributed by atoms with E-state index in [1.165, 1.54) is 11.3 Å². The first-order valence-electron chi connectivity index (χ1n) is 6.85. The Morgan fingerprint density at radius 1 is 1.14 bits per heavy atom. The van der Waals surface area contributed by atoms with Crippen LogP contribution in [-0.2, 0) is 16.4 Å². The Hall–Kier alpha value is -1.37. The molecular formula is C15H20N2O2S2. The third-order valence-electron chi connectivity index (χ3n) is 2.97. The van der Waals surface area contributed by atoms with Crippen LogP contribution in [-0.4, -0.2) is 21.0 Å². The first-order chi connectivity index (χ1) is 9.97. The summed E-state index contributed by atoms with van der Waals surface area (Å²) in [6.07, 6.45) is 0.885. The lowest BCUT2D eigenvalue weighted by Gasteiger charge is -2.09. The summed E-state index contributed by atoms with van der Waals surface area (Å²) in [5.74, 6) is 0. The van der Waals surface area contributed by atoms with Crippen LogP contribution < -0.4 is 10.0 Å². The number of hydrogen-bond acceptors (Lipinski definition) is 4. The molecule has 0 saturated heterocycles. The predicted octanol–water partition coefficient (Wildman–Crippen LogP) is 3.09. The molecule has 0 fully saturated rings. The summed E-state index contributed by atoms with van der Waals surface area (Å²) in [6.45, 7) is 5.09. The molecule has 2 aromatic rings. The quantitative estimate of drug-likeness (QED) is 0.823. The molecule has 2 rings (SSSR count). The molecule has 0 spiro atoms. The fraction of sp³-hybridized carbons (Fsp3) is 0.333. The minimum absolute atomic E-state index is 0.286. The maximum atomic E-state index is 12.2. The molecule has 0 bridgehead atoms. The first-order valence-corrected chi connectivity index (χ1v) is 9.27. The normalized spacial score (nSPS) is 11.8. The van der Waals surface area contributed by atoms with Gasteiger partial charge in [0.15, 0.2) is 0 Å². The van der Waals surface area contributed by atoms with Crippen LogP contribution in [0, 0.1) is 0 Å². The topological polar surface area (TPSA) is 58.2 Å². The molecule has 0 aliphatic carbocycles. The fourth-order valence-electron chi connectivity index (χ4n) is 1.88.